The molecule has 3 heterocycles. The van der Waals surface area contributed by atoms with Crippen LogP contribution in [-0.2, 0) is 10.2 Å². The number of aliphatic hydroxyl groups excluding tert-OH is 1. The van der Waals surface area contributed by atoms with E-state index in [1.807, 2.05) is 44.2 Å². The highest BCUT2D eigenvalue weighted by Gasteiger charge is 2.44. The summed E-state index contributed by atoms with van der Waals surface area (Å²) in [6.07, 6.45) is 1.68. The Bertz CT molecular complexity index is 804. The van der Waals surface area contributed by atoms with Gasteiger partial charge in [0.25, 0.3) is 0 Å². The van der Waals surface area contributed by atoms with Crippen LogP contribution in [-0.4, -0.2) is 29.1 Å². The number of hydrogen-bond acceptors (Lipinski definition) is 5. The van der Waals surface area contributed by atoms with Crippen LogP contribution in [0.25, 0.3) is 0 Å². The molecule has 124 valence electrons. The lowest BCUT2D eigenvalue weighted by Gasteiger charge is -2.19. The number of carbonyl (C=O) groups excluding carboxylic acids is 1. The van der Waals surface area contributed by atoms with Gasteiger partial charge in [0.05, 0.1) is 34.8 Å². The van der Waals surface area contributed by atoms with Crippen molar-refractivity contribution in [2.45, 2.75) is 25.4 Å². The quantitative estimate of drug-likeness (QED) is 0.807. The normalized spacial score (nSPS) is 20.4. The number of hydrogen-bond donors (Lipinski definition) is 3. The first-order chi connectivity index (χ1) is 11.5. The molecule has 6 nitrogen and oxygen atoms in total. The number of aromatic nitrogens is 1. The van der Waals surface area contributed by atoms with Crippen LogP contribution < -0.4 is 15.5 Å². The highest BCUT2D eigenvalue weighted by molar-refractivity contribution is 6.09. The average Bonchev–Trinajstić information content (AvgIpc) is 3.08. The van der Waals surface area contributed by atoms with Crippen molar-refractivity contribution < 1.29 is 9.90 Å². The van der Waals surface area contributed by atoms with Crippen LogP contribution in [0.3, 0.4) is 0 Å². The number of pyridine rings is 1. The van der Waals surface area contributed by atoms with Crippen molar-refractivity contribution in [3.63, 3.8) is 0 Å². The second kappa shape index (κ2) is 5.21. The number of nitrogens with one attached hydrogen (secondary N) is 2. The van der Waals surface area contributed by atoms with Crippen molar-refractivity contribution in [1.82, 2.24) is 4.98 Å². The second-order valence-electron chi connectivity index (χ2n) is 6.70. The van der Waals surface area contributed by atoms with Crippen molar-refractivity contribution in [1.29, 1.82) is 0 Å². The monoisotopic (exact) mass is 324 g/mol. The van der Waals surface area contributed by atoms with Crippen molar-refractivity contribution in [3.05, 3.63) is 47.8 Å². The fourth-order valence-corrected chi connectivity index (χ4v) is 3.48. The molecule has 1 amide bonds. The molecular weight excluding hydrogens is 304 g/mol. The van der Waals surface area contributed by atoms with Crippen molar-refractivity contribution >= 4 is 23.0 Å². The molecule has 1 atom stereocenters. The van der Waals surface area contributed by atoms with E-state index in [2.05, 4.69) is 15.6 Å². The van der Waals surface area contributed by atoms with Gasteiger partial charge in [-0.15, -0.1) is 0 Å². The molecule has 0 saturated carbocycles. The van der Waals surface area contributed by atoms with Gasteiger partial charge in [0.15, 0.2) is 0 Å². The Morgan fingerprint density at radius 1 is 1.25 bits per heavy atom. The van der Waals surface area contributed by atoms with E-state index in [0.717, 1.165) is 28.3 Å². The highest BCUT2D eigenvalue weighted by atomic mass is 16.3. The summed E-state index contributed by atoms with van der Waals surface area (Å²) in [5.41, 5.74) is 4.08. The van der Waals surface area contributed by atoms with Crippen LogP contribution in [0.1, 0.15) is 31.3 Å². The lowest BCUT2D eigenvalue weighted by atomic mass is 9.86. The predicted molar refractivity (Wildman–Crippen MR) is 93.1 cm³/mol. The maximum atomic E-state index is 12.7. The molecule has 2 aliphatic rings. The second-order valence-corrected chi connectivity index (χ2v) is 6.70. The summed E-state index contributed by atoms with van der Waals surface area (Å²) in [5, 5.41) is 16.1. The maximum absolute atomic E-state index is 12.7. The zero-order valence-electron chi connectivity index (χ0n) is 13.7. The Kier molecular flexibility index (Phi) is 3.25. The summed E-state index contributed by atoms with van der Waals surface area (Å²) in [4.78, 5) is 18.7. The van der Waals surface area contributed by atoms with Gasteiger partial charge in [0, 0.05) is 12.7 Å². The topological polar surface area (TPSA) is 77.5 Å². The summed E-state index contributed by atoms with van der Waals surface area (Å²) in [5.74, 6) is 0.0245. The minimum Gasteiger partial charge on any atom is -0.395 e. The van der Waals surface area contributed by atoms with Gasteiger partial charge >= 0.3 is 0 Å². The molecule has 1 aromatic carbocycles. The molecule has 2 aliphatic heterocycles. The third kappa shape index (κ3) is 2.06. The zero-order valence-corrected chi connectivity index (χ0v) is 13.7. The van der Waals surface area contributed by atoms with E-state index in [1.165, 1.54) is 0 Å². The fraction of sp³-hybridized carbons (Fsp3) is 0.333. The number of aliphatic hydroxyl groups is 1. The summed E-state index contributed by atoms with van der Waals surface area (Å²) in [6.45, 7) is 4.11. The summed E-state index contributed by atoms with van der Waals surface area (Å²) >= 11 is 0. The predicted octanol–water partition coefficient (Wildman–Crippen LogP) is 2.23. The number of benzene rings is 1. The Morgan fingerprint density at radius 3 is 2.67 bits per heavy atom. The molecule has 3 N–H and O–H groups in total. The van der Waals surface area contributed by atoms with Gasteiger partial charge < -0.3 is 20.6 Å². The molecule has 0 fully saturated rings. The van der Waals surface area contributed by atoms with Crippen molar-refractivity contribution in [2.75, 3.05) is 28.7 Å². The van der Waals surface area contributed by atoms with Crippen LogP contribution >= 0.6 is 0 Å². The first-order valence-corrected chi connectivity index (χ1v) is 8.08. The van der Waals surface area contributed by atoms with Crippen molar-refractivity contribution in [2.24, 2.45) is 0 Å². The van der Waals surface area contributed by atoms with Crippen LogP contribution in [0.15, 0.2) is 36.5 Å². The van der Waals surface area contributed by atoms with Gasteiger partial charge in [-0.1, -0.05) is 6.07 Å². The van der Waals surface area contributed by atoms with Crippen LogP contribution in [0.4, 0.5) is 17.1 Å². The number of nitrogens with zero attached hydrogens (tertiary/aromatic N) is 2. The molecule has 2 aromatic rings. The maximum Gasteiger partial charge on any atom is 0.237 e. The van der Waals surface area contributed by atoms with Gasteiger partial charge in [-0.2, -0.15) is 0 Å². The Hall–Kier alpha value is -2.60. The molecule has 0 spiro atoms. The molecule has 0 bridgehead atoms. The number of β-amino-alcohol motifs (C(OH)–C–C–N with tert-alkyl or cyclic N) is 1. The van der Waals surface area contributed by atoms with Crippen LogP contribution in [0.5, 0.6) is 0 Å². The summed E-state index contributed by atoms with van der Waals surface area (Å²) < 4.78 is 0. The van der Waals surface area contributed by atoms with E-state index >= 15 is 0 Å². The van der Waals surface area contributed by atoms with Crippen molar-refractivity contribution in [3.8, 4) is 0 Å². The Labute approximate surface area is 140 Å². The minimum absolute atomic E-state index is 0.0245. The van der Waals surface area contributed by atoms with Crippen LogP contribution in [0.2, 0.25) is 0 Å². The SMILES string of the molecule is CC1(C)C(=O)N(CCO)c2cc3c(cc21)NC(c1ccccn1)N3. The van der Waals surface area contributed by atoms with E-state index in [4.69, 9.17) is 0 Å². The Balaban J connectivity index is 1.73. The van der Waals surface area contributed by atoms with Gasteiger partial charge in [0.2, 0.25) is 5.91 Å². The highest BCUT2D eigenvalue weighted by Crippen LogP contribution is 2.47. The van der Waals surface area contributed by atoms with E-state index in [9.17, 15) is 9.90 Å². The van der Waals surface area contributed by atoms with E-state index in [1.54, 1.807) is 11.1 Å². The first-order valence-electron chi connectivity index (χ1n) is 8.08. The molecule has 1 unspecified atom stereocenters. The van der Waals surface area contributed by atoms with Gasteiger partial charge in [-0.25, -0.2) is 0 Å². The smallest absolute Gasteiger partial charge is 0.237 e. The number of anilines is 3. The first kappa shape index (κ1) is 15.0. The molecule has 1 aromatic heterocycles. The molecule has 6 heteroatoms. The Morgan fingerprint density at radius 2 is 2.00 bits per heavy atom. The largest absolute Gasteiger partial charge is 0.395 e. The van der Waals surface area contributed by atoms with Gasteiger partial charge in [0.1, 0.15) is 6.17 Å². The molecule has 0 saturated heterocycles. The summed E-state index contributed by atoms with van der Waals surface area (Å²) in [7, 11) is 0. The average molecular weight is 324 g/mol. The molecular formula is C18H20N4O2. The zero-order chi connectivity index (χ0) is 16.9. The third-order valence-corrected chi connectivity index (χ3v) is 4.79. The lowest BCUT2D eigenvalue weighted by Crippen LogP contribution is -2.37. The number of fused-ring (bicyclic) bond motifs is 2. The van der Waals surface area contributed by atoms with Crippen LogP contribution in [0, 0.1) is 0 Å². The number of rotatable bonds is 3. The number of amides is 1. The van der Waals surface area contributed by atoms with Gasteiger partial charge in [-0.3, -0.25) is 9.78 Å². The van der Waals surface area contributed by atoms with E-state index < -0.39 is 5.41 Å². The van der Waals surface area contributed by atoms with E-state index in [-0.39, 0.29) is 18.7 Å². The fourth-order valence-electron chi connectivity index (χ4n) is 3.48. The molecule has 0 aliphatic carbocycles. The standard InChI is InChI=1S/C18H20N4O2/c1-18(2)11-9-13-14(10-15(11)22(7-8-23)17(18)24)21-16(20-13)12-5-3-4-6-19-12/h3-6,9-10,16,20-21,23H,7-8H2,1-2H3. The molecule has 4 rings (SSSR count). The minimum atomic E-state index is -0.593. The third-order valence-electron chi connectivity index (χ3n) is 4.79. The molecule has 24 heavy (non-hydrogen) atoms. The summed E-state index contributed by atoms with van der Waals surface area (Å²) in [6, 6.07) is 9.84. The van der Waals surface area contributed by atoms with E-state index in [0.29, 0.717) is 6.54 Å². The van der Waals surface area contributed by atoms with Gasteiger partial charge in [-0.05, 0) is 43.7 Å². The number of carbonyl (C=O) groups is 1. The molecule has 0 radical (unpaired) electrons. The lowest BCUT2D eigenvalue weighted by molar-refractivity contribution is -0.122.